The Bertz CT molecular complexity index is 975. The summed E-state index contributed by atoms with van der Waals surface area (Å²) in [6.07, 6.45) is -1.02. The van der Waals surface area contributed by atoms with E-state index in [0.717, 1.165) is 23.4 Å². The predicted octanol–water partition coefficient (Wildman–Crippen LogP) is 4.36. The number of hydrogen-bond donors (Lipinski definition) is 1. The molecule has 27 heavy (non-hydrogen) atoms. The van der Waals surface area contributed by atoms with Crippen LogP contribution >= 0.6 is 0 Å². The lowest BCUT2D eigenvalue weighted by atomic mass is 10.0. The summed E-state index contributed by atoms with van der Waals surface area (Å²) in [4.78, 5) is 4.19. The second-order valence-electron chi connectivity index (χ2n) is 6.03. The van der Waals surface area contributed by atoms with E-state index in [1.165, 1.54) is 18.5 Å². The number of fused-ring (bicyclic) bond motifs is 1. The molecular weight excluding hydrogens is 357 g/mol. The summed E-state index contributed by atoms with van der Waals surface area (Å²) in [5, 5.41) is 7.37. The second kappa shape index (κ2) is 6.46. The number of methoxy groups -OCH3 is 1. The van der Waals surface area contributed by atoms with E-state index >= 15 is 0 Å². The van der Waals surface area contributed by atoms with Crippen LogP contribution in [0.25, 0.3) is 5.70 Å². The number of nitrogens with zero attached hydrogens (tertiary/aromatic N) is 3. The van der Waals surface area contributed by atoms with E-state index in [9.17, 15) is 13.2 Å². The Hall–Kier alpha value is -3.29. The molecule has 0 spiro atoms. The van der Waals surface area contributed by atoms with E-state index in [2.05, 4.69) is 15.4 Å². The van der Waals surface area contributed by atoms with Crippen molar-refractivity contribution in [3.63, 3.8) is 0 Å². The molecule has 2 aromatic carbocycles. The molecule has 1 aromatic heterocycles. The molecule has 1 atom stereocenters. The first-order chi connectivity index (χ1) is 13.0. The summed E-state index contributed by atoms with van der Waals surface area (Å²) in [7, 11) is 1.59. The number of nitrogens with one attached hydrogen (secondary N) is 1. The average molecular weight is 372 g/mol. The minimum atomic E-state index is -4.36. The third-order valence-corrected chi connectivity index (χ3v) is 4.39. The molecule has 1 N–H and O–H groups in total. The molecule has 0 saturated heterocycles. The highest BCUT2D eigenvalue weighted by molar-refractivity contribution is 5.77. The molecule has 0 fully saturated rings. The van der Waals surface area contributed by atoms with Gasteiger partial charge >= 0.3 is 6.18 Å². The Morgan fingerprint density at radius 3 is 2.37 bits per heavy atom. The Kier molecular flexibility index (Phi) is 4.10. The fourth-order valence-electron chi connectivity index (χ4n) is 2.98. The van der Waals surface area contributed by atoms with Crippen LogP contribution in [0.3, 0.4) is 0 Å². The summed E-state index contributed by atoms with van der Waals surface area (Å²) in [5.74, 6) is 1.26. The number of ether oxygens (including phenoxy) is 1. The molecule has 4 rings (SSSR count). The number of allylic oxidation sites excluding steroid dienone is 1. The van der Waals surface area contributed by atoms with E-state index in [1.807, 2.05) is 30.3 Å². The van der Waals surface area contributed by atoms with Crippen LogP contribution in [0.4, 0.5) is 19.1 Å². The molecule has 0 aliphatic carbocycles. The molecule has 2 heterocycles. The Morgan fingerprint density at radius 2 is 1.74 bits per heavy atom. The van der Waals surface area contributed by atoms with Crippen molar-refractivity contribution in [1.29, 1.82) is 0 Å². The van der Waals surface area contributed by atoms with Gasteiger partial charge in [-0.15, -0.1) is 0 Å². The first-order valence-electron chi connectivity index (χ1n) is 8.15. The Morgan fingerprint density at radius 1 is 1.04 bits per heavy atom. The Labute approximate surface area is 153 Å². The maximum atomic E-state index is 12.8. The predicted molar refractivity (Wildman–Crippen MR) is 94.2 cm³/mol. The Balaban J connectivity index is 1.72. The zero-order valence-electron chi connectivity index (χ0n) is 14.2. The van der Waals surface area contributed by atoms with Crippen molar-refractivity contribution < 1.29 is 17.9 Å². The minimum Gasteiger partial charge on any atom is -0.497 e. The lowest BCUT2D eigenvalue weighted by Gasteiger charge is -2.24. The summed E-state index contributed by atoms with van der Waals surface area (Å²) in [5.41, 5.74) is 1.58. The molecule has 0 saturated carbocycles. The number of hydrogen-bond acceptors (Lipinski definition) is 4. The van der Waals surface area contributed by atoms with Gasteiger partial charge in [-0.2, -0.15) is 23.3 Å². The number of benzene rings is 2. The van der Waals surface area contributed by atoms with Gasteiger partial charge in [0.1, 0.15) is 18.1 Å². The van der Waals surface area contributed by atoms with Gasteiger partial charge in [-0.1, -0.05) is 24.3 Å². The van der Waals surface area contributed by atoms with Gasteiger partial charge in [0, 0.05) is 5.70 Å². The lowest BCUT2D eigenvalue weighted by Crippen LogP contribution is -2.20. The summed E-state index contributed by atoms with van der Waals surface area (Å²) >= 11 is 0. The second-order valence-corrected chi connectivity index (χ2v) is 6.03. The van der Waals surface area contributed by atoms with Crippen LogP contribution in [-0.2, 0) is 6.18 Å². The maximum Gasteiger partial charge on any atom is 0.416 e. The van der Waals surface area contributed by atoms with E-state index < -0.39 is 11.7 Å². The summed E-state index contributed by atoms with van der Waals surface area (Å²) in [6, 6.07) is 12.3. The van der Waals surface area contributed by atoms with Crippen LogP contribution in [0.2, 0.25) is 0 Å². The topological polar surface area (TPSA) is 52.0 Å². The van der Waals surface area contributed by atoms with Crippen molar-refractivity contribution in [1.82, 2.24) is 14.8 Å². The van der Waals surface area contributed by atoms with E-state index in [0.29, 0.717) is 17.2 Å². The standard InChI is InChI=1S/C19H15F3N4O/c1-27-15-8-4-13(5-9-15)17-10-16(25-18-23-11-24-26(17)18)12-2-6-14(7-3-12)19(20,21)22/h2-11,17H,1H3,(H,23,24,25). The molecule has 5 nitrogen and oxygen atoms in total. The highest BCUT2D eigenvalue weighted by Gasteiger charge is 2.30. The van der Waals surface area contributed by atoms with Gasteiger partial charge < -0.3 is 10.1 Å². The van der Waals surface area contributed by atoms with Gasteiger partial charge in [-0.25, -0.2) is 4.68 Å². The van der Waals surface area contributed by atoms with Crippen molar-refractivity contribution in [3.8, 4) is 5.75 Å². The first-order valence-corrected chi connectivity index (χ1v) is 8.15. The number of rotatable bonds is 3. The normalized spacial score (nSPS) is 16.3. The molecular formula is C19H15F3N4O. The number of aromatic nitrogens is 3. The van der Waals surface area contributed by atoms with Crippen LogP contribution in [0.1, 0.15) is 22.7 Å². The summed E-state index contributed by atoms with van der Waals surface area (Å²) < 4.78 is 45.3. The van der Waals surface area contributed by atoms with Gasteiger partial charge in [-0.3, -0.25) is 0 Å². The molecule has 0 bridgehead atoms. The molecule has 8 heteroatoms. The highest BCUT2D eigenvalue weighted by Crippen LogP contribution is 2.34. The van der Waals surface area contributed by atoms with Crippen LogP contribution in [0, 0.1) is 0 Å². The van der Waals surface area contributed by atoms with Crippen LogP contribution < -0.4 is 10.1 Å². The molecule has 0 radical (unpaired) electrons. The third kappa shape index (κ3) is 3.25. The van der Waals surface area contributed by atoms with E-state index in [-0.39, 0.29) is 6.04 Å². The first kappa shape index (κ1) is 17.1. The van der Waals surface area contributed by atoms with Crippen molar-refractivity contribution in [2.75, 3.05) is 12.4 Å². The van der Waals surface area contributed by atoms with Gasteiger partial charge in [0.25, 0.3) is 0 Å². The third-order valence-electron chi connectivity index (χ3n) is 4.39. The molecule has 3 aromatic rings. The number of alkyl halides is 3. The number of halogens is 3. The van der Waals surface area contributed by atoms with Gasteiger partial charge in [0.2, 0.25) is 5.95 Å². The van der Waals surface area contributed by atoms with Crippen molar-refractivity contribution >= 4 is 11.6 Å². The molecule has 138 valence electrons. The van der Waals surface area contributed by atoms with Gasteiger partial charge in [0.15, 0.2) is 0 Å². The highest BCUT2D eigenvalue weighted by atomic mass is 19.4. The average Bonchev–Trinajstić information content (AvgIpc) is 3.15. The SMILES string of the molecule is COc1ccc(C2C=C(c3ccc(C(F)(F)F)cc3)Nc3ncnn32)cc1. The smallest absolute Gasteiger partial charge is 0.416 e. The minimum absolute atomic E-state index is 0.244. The maximum absolute atomic E-state index is 12.8. The zero-order chi connectivity index (χ0) is 19.0. The number of anilines is 1. The largest absolute Gasteiger partial charge is 0.497 e. The summed E-state index contributed by atoms with van der Waals surface area (Å²) in [6.45, 7) is 0. The van der Waals surface area contributed by atoms with E-state index in [1.54, 1.807) is 11.8 Å². The van der Waals surface area contributed by atoms with E-state index in [4.69, 9.17) is 4.74 Å². The van der Waals surface area contributed by atoms with Crippen LogP contribution in [0.5, 0.6) is 5.75 Å². The molecule has 0 amide bonds. The van der Waals surface area contributed by atoms with Crippen molar-refractivity contribution in [3.05, 3.63) is 77.6 Å². The fraction of sp³-hybridized carbons (Fsp3) is 0.158. The van der Waals surface area contributed by atoms with Crippen LogP contribution in [-0.4, -0.2) is 21.9 Å². The fourth-order valence-corrected chi connectivity index (χ4v) is 2.98. The van der Waals surface area contributed by atoms with Crippen molar-refractivity contribution in [2.24, 2.45) is 0 Å². The lowest BCUT2D eigenvalue weighted by molar-refractivity contribution is -0.137. The van der Waals surface area contributed by atoms with Crippen LogP contribution in [0.15, 0.2) is 60.9 Å². The zero-order valence-corrected chi connectivity index (χ0v) is 14.2. The molecule has 1 aliphatic heterocycles. The van der Waals surface area contributed by atoms with Crippen molar-refractivity contribution in [2.45, 2.75) is 12.2 Å². The quantitative estimate of drug-likeness (QED) is 0.742. The van der Waals surface area contributed by atoms with Gasteiger partial charge in [0.05, 0.1) is 12.7 Å². The molecule has 1 unspecified atom stereocenters. The van der Waals surface area contributed by atoms with Gasteiger partial charge in [-0.05, 0) is 41.5 Å². The monoisotopic (exact) mass is 372 g/mol. The molecule has 1 aliphatic rings.